The lowest BCUT2D eigenvalue weighted by atomic mass is 10.0. The standard InChI is InChI=1S/C31H28F3N5O/c1-19-4-7-23(15-22(19)8-5-21-6-9-26-24(14-21)16-35-18-36-26)31(40)37-30-27(32)20(2)25(28(33)29(30)34)17-39-12-10-38(3)11-13-39/h4,6-7,9,14-16,18H,10-13,17H2,1-3H3,(H,37,40). The fourth-order valence-corrected chi connectivity index (χ4v) is 4.64. The predicted octanol–water partition coefficient (Wildman–Crippen LogP) is 5.06. The van der Waals surface area contributed by atoms with E-state index in [4.69, 9.17) is 0 Å². The summed E-state index contributed by atoms with van der Waals surface area (Å²) in [4.78, 5) is 25.3. The van der Waals surface area contributed by atoms with Crippen molar-refractivity contribution in [2.75, 3.05) is 38.5 Å². The van der Waals surface area contributed by atoms with E-state index in [-0.39, 0.29) is 23.2 Å². The molecule has 6 nitrogen and oxygen atoms in total. The Labute approximate surface area is 230 Å². The summed E-state index contributed by atoms with van der Waals surface area (Å²) in [5.74, 6) is 1.82. The third kappa shape index (κ3) is 5.69. The van der Waals surface area contributed by atoms with Gasteiger partial charge in [-0.25, -0.2) is 23.1 Å². The van der Waals surface area contributed by atoms with Crippen molar-refractivity contribution in [1.29, 1.82) is 0 Å². The number of amides is 1. The molecule has 0 unspecified atom stereocenters. The lowest BCUT2D eigenvalue weighted by Crippen LogP contribution is -2.44. The maximum Gasteiger partial charge on any atom is 0.255 e. The molecule has 1 fully saturated rings. The van der Waals surface area contributed by atoms with Gasteiger partial charge in [0.2, 0.25) is 0 Å². The average Bonchev–Trinajstić information content (AvgIpc) is 2.97. The molecule has 1 aromatic heterocycles. The number of anilines is 1. The zero-order chi connectivity index (χ0) is 28.4. The Balaban J connectivity index is 1.37. The Bertz CT molecular complexity index is 1640. The molecule has 1 N–H and O–H groups in total. The predicted molar refractivity (Wildman–Crippen MR) is 148 cm³/mol. The first-order valence-corrected chi connectivity index (χ1v) is 12.9. The first-order valence-electron chi connectivity index (χ1n) is 12.9. The van der Waals surface area contributed by atoms with Crippen LogP contribution in [0.3, 0.4) is 0 Å². The second-order valence-electron chi connectivity index (χ2n) is 10.0. The number of nitrogens with zero attached hydrogens (tertiary/aromatic N) is 4. The monoisotopic (exact) mass is 543 g/mol. The summed E-state index contributed by atoms with van der Waals surface area (Å²) in [6.45, 7) is 6.27. The fraction of sp³-hybridized carbons (Fsp3) is 0.258. The highest BCUT2D eigenvalue weighted by molar-refractivity contribution is 6.04. The van der Waals surface area contributed by atoms with E-state index in [1.807, 2.05) is 37.1 Å². The van der Waals surface area contributed by atoms with Crippen LogP contribution in [0.5, 0.6) is 0 Å². The fourth-order valence-electron chi connectivity index (χ4n) is 4.64. The summed E-state index contributed by atoms with van der Waals surface area (Å²) in [6, 6.07) is 10.3. The van der Waals surface area contributed by atoms with Gasteiger partial charge in [0.15, 0.2) is 17.5 Å². The van der Waals surface area contributed by atoms with Crippen LogP contribution in [0.15, 0.2) is 48.9 Å². The summed E-state index contributed by atoms with van der Waals surface area (Å²) < 4.78 is 45.5. The van der Waals surface area contributed by atoms with Crippen molar-refractivity contribution < 1.29 is 18.0 Å². The zero-order valence-corrected chi connectivity index (χ0v) is 22.5. The third-order valence-corrected chi connectivity index (χ3v) is 7.24. The highest BCUT2D eigenvalue weighted by Gasteiger charge is 2.26. The van der Waals surface area contributed by atoms with E-state index >= 15 is 13.2 Å². The third-order valence-electron chi connectivity index (χ3n) is 7.24. The summed E-state index contributed by atoms with van der Waals surface area (Å²) in [5.41, 5.74) is 2.21. The van der Waals surface area contributed by atoms with E-state index in [0.717, 1.165) is 35.1 Å². The number of nitrogens with one attached hydrogen (secondary N) is 1. The van der Waals surface area contributed by atoms with E-state index < -0.39 is 29.0 Å². The van der Waals surface area contributed by atoms with E-state index in [1.165, 1.54) is 19.3 Å². The molecular weight excluding hydrogens is 515 g/mol. The smallest absolute Gasteiger partial charge is 0.255 e. The van der Waals surface area contributed by atoms with Crippen LogP contribution in [0, 0.1) is 43.1 Å². The van der Waals surface area contributed by atoms with Crippen LogP contribution in [0.2, 0.25) is 0 Å². The Morgan fingerprint density at radius 3 is 2.52 bits per heavy atom. The molecule has 9 heteroatoms. The van der Waals surface area contributed by atoms with Crippen LogP contribution in [-0.2, 0) is 6.54 Å². The van der Waals surface area contributed by atoms with Gasteiger partial charge in [-0.3, -0.25) is 9.69 Å². The van der Waals surface area contributed by atoms with Crippen molar-refractivity contribution in [2.24, 2.45) is 0 Å². The quantitative estimate of drug-likeness (QED) is 0.288. The number of hydrogen-bond acceptors (Lipinski definition) is 5. The number of aryl methyl sites for hydroxylation is 1. The molecule has 5 rings (SSSR count). The number of carbonyl (C=O) groups excluding carboxylic acids is 1. The number of hydrogen-bond donors (Lipinski definition) is 1. The molecule has 204 valence electrons. The SMILES string of the molecule is Cc1ccc(C(=O)Nc2c(F)c(C)c(CN3CCN(C)CC3)c(F)c2F)cc1C#Cc1ccc2ncncc2c1. The van der Waals surface area contributed by atoms with E-state index in [0.29, 0.717) is 18.7 Å². The van der Waals surface area contributed by atoms with Crippen LogP contribution < -0.4 is 5.32 Å². The first kappa shape index (κ1) is 27.3. The van der Waals surface area contributed by atoms with Gasteiger partial charge in [0.05, 0.1) is 5.52 Å². The van der Waals surface area contributed by atoms with Crippen molar-refractivity contribution in [1.82, 2.24) is 19.8 Å². The van der Waals surface area contributed by atoms with Gasteiger partial charge in [0, 0.05) is 66.6 Å². The lowest BCUT2D eigenvalue weighted by molar-refractivity contribution is 0.102. The van der Waals surface area contributed by atoms with Crippen LogP contribution in [0.1, 0.15) is 38.2 Å². The number of likely N-dealkylation sites (N-methyl/N-ethyl adjacent to an activating group) is 1. The Morgan fingerprint density at radius 1 is 0.975 bits per heavy atom. The number of fused-ring (bicyclic) bond motifs is 1. The number of halogens is 3. The minimum absolute atomic E-state index is 0.0237. The van der Waals surface area contributed by atoms with Crippen LogP contribution in [0.25, 0.3) is 10.9 Å². The molecule has 1 saturated heterocycles. The molecule has 1 aliphatic heterocycles. The van der Waals surface area contributed by atoms with Crippen LogP contribution in [-0.4, -0.2) is 58.9 Å². The lowest BCUT2D eigenvalue weighted by Gasteiger charge is -2.32. The molecule has 3 aromatic carbocycles. The Hall–Kier alpha value is -4.26. The molecule has 1 amide bonds. The summed E-state index contributed by atoms with van der Waals surface area (Å²) in [7, 11) is 1.99. The van der Waals surface area contributed by atoms with Crippen LogP contribution >= 0.6 is 0 Å². The highest BCUT2D eigenvalue weighted by atomic mass is 19.2. The molecule has 2 heterocycles. The molecule has 0 bridgehead atoms. The second-order valence-corrected chi connectivity index (χ2v) is 10.0. The molecule has 0 spiro atoms. The van der Waals surface area contributed by atoms with Crippen molar-refractivity contribution >= 4 is 22.5 Å². The van der Waals surface area contributed by atoms with Crippen LogP contribution in [0.4, 0.5) is 18.9 Å². The van der Waals surface area contributed by atoms with Crippen molar-refractivity contribution in [3.8, 4) is 11.8 Å². The molecule has 0 saturated carbocycles. The summed E-state index contributed by atoms with van der Waals surface area (Å²) in [5, 5.41) is 3.09. The molecule has 0 aliphatic carbocycles. The maximum absolute atomic E-state index is 15.3. The molecule has 0 radical (unpaired) electrons. The number of rotatable bonds is 4. The summed E-state index contributed by atoms with van der Waals surface area (Å²) >= 11 is 0. The van der Waals surface area contributed by atoms with Gasteiger partial charge in [-0.15, -0.1) is 0 Å². The molecule has 1 aliphatic rings. The number of benzene rings is 3. The second kappa shape index (κ2) is 11.5. The van der Waals surface area contributed by atoms with Crippen molar-refractivity contribution in [2.45, 2.75) is 20.4 Å². The Morgan fingerprint density at radius 2 is 1.75 bits per heavy atom. The zero-order valence-electron chi connectivity index (χ0n) is 22.5. The maximum atomic E-state index is 15.3. The minimum Gasteiger partial charge on any atom is -0.317 e. The van der Waals surface area contributed by atoms with E-state index in [2.05, 4.69) is 32.0 Å². The summed E-state index contributed by atoms with van der Waals surface area (Å²) in [6.07, 6.45) is 3.18. The number of carbonyl (C=O) groups is 1. The van der Waals surface area contributed by atoms with Crippen molar-refractivity contribution in [3.05, 3.63) is 99.8 Å². The Kier molecular flexibility index (Phi) is 7.83. The first-order chi connectivity index (χ1) is 19.2. The molecule has 0 atom stereocenters. The average molecular weight is 544 g/mol. The molecule has 4 aromatic rings. The van der Waals surface area contributed by atoms with Gasteiger partial charge in [-0.1, -0.05) is 17.9 Å². The molecule has 40 heavy (non-hydrogen) atoms. The topological polar surface area (TPSA) is 61.4 Å². The van der Waals surface area contributed by atoms with Gasteiger partial charge in [0.1, 0.15) is 12.0 Å². The number of piperazine rings is 1. The molecular formula is C31H28F3N5O. The van der Waals surface area contributed by atoms with Gasteiger partial charge in [0.25, 0.3) is 5.91 Å². The largest absolute Gasteiger partial charge is 0.317 e. The van der Waals surface area contributed by atoms with Crippen molar-refractivity contribution in [3.63, 3.8) is 0 Å². The van der Waals surface area contributed by atoms with Gasteiger partial charge >= 0.3 is 0 Å². The van der Waals surface area contributed by atoms with Gasteiger partial charge < -0.3 is 10.2 Å². The van der Waals surface area contributed by atoms with Gasteiger partial charge in [-0.2, -0.15) is 0 Å². The van der Waals surface area contributed by atoms with Gasteiger partial charge in [-0.05, 0) is 62.4 Å². The van der Waals surface area contributed by atoms with E-state index in [9.17, 15) is 4.79 Å². The normalized spacial score (nSPS) is 14.2. The van der Waals surface area contributed by atoms with E-state index in [1.54, 1.807) is 18.3 Å². The number of aromatic nitrogens is 2. The minimum atomic E-state index is -1.41. The highest BCUT2D eigenvalue weighted by Crippen LogP contribution is 2.30.